The highest BCUT2D eigenvalue weighted by molar-refractivity contribution is 7.91. The molecule has 1 fully saturated rings. The van der Waals surface area contributed by atoms with E-state index in [0.29, 0.717) is 6.42 Å². The molecule has 0 spiro atoms. The average Bonchev–Trinajstić information content (AvgIpc) is 2.78. The lowest BCUT2D eigenvalue weighted by atomic mass is 10.0. The van der Waals surface area contributed by atoms with Gasteiger partial charge < -0.3 is 5.32 Å². The van der Waals surface area contributed by atoms with Crippen molar-refractivity contribution in [3.05, 3.63) is 29.8 Å². The molecule has 0 saturated carbocycles. The number of nitrogens with zero attached hydrogens (tertiary/aromatic N) is 1. The van der Waals surface area contributed by atoms with E-state index in [1.165, 1.54) is 0 Å². The molecule has 9 heteroatoms. The van der Waals surface area contributed by atoms with Crippen molar-refractivity contribution < 1.29 is 21.6 Å². The summed E-state index contributed by atoms with van der Waals surface area (Å²) in [5.74, 6) is -0.160. The Morgan fingerprint density at radius 3 is 2.35 bits per heavy atom. The molecule has 1 aliphatic heterocycles. The highest BCUT2D eigenvalue weighted by Crippen LogP contribution is 2.24. The lowest BCUT2D eigenvalue weighted by molar-refractivity contribution is -0.123. The Hall–Kier alpha value is -1.45. The van der Waals surface area contributed by atoms with E-state index in [1.54, 1.807) is 38.2 Å². The predicted molar refractivity (Wildman–Crippen MR) is 100 cm³/mol. The van der Waals surface area contributed by atoms with E-state index in [0.717, 1.165) is 11.8 Å². The van der Waals surface area contributed by atoms with Crippen molar-refractivity contribution in [3.63, 3.8) is 0 Å². The number of sulfone groups is 2. The smallest absolute Gasteiger partial charge is 0.234 e. The molecule has 1 aromatic carbocycles. The van der Waals surface area contributed by atoms with E-state index in [1.807, 2.05) is 11.8 Å². The second-order valence-corrected chi connectivity index (χ2v) is 11.6. The number of carbonyl (C=O) groups excluding carboxylic acids is 1. The first-order valence-corrected chi connectivity index (χ1v) is 12.0. The molecular weight excluding hydrogens is 376 g/mol. The molecule has 1 amide bonds. The van der Waals surface area contributed by atoms with Crippen LogP contribution < -0.4 is 5.32 Å². The van der Waals surface area contributed by atoms with Crippen LogP contribution in [0, 0.1) is 0 Å². The third-order valence-corrected chi connectivity index (χ3v) is 7.82. The number of benzene rings is 1. The monoisotopic (exact) mass is 402 g/mol. The first-order valence-electron chi connectivity index (χ1n) is 8.33. The molecule has 1 aromatic rings. The van der Waals surface area contributed by atoms with Gasteiger partial charge in [-0.25, -0.2) is 16.8 Å². The second-order valence-electron chi connectivity index (χ2n) is 7.38. The quantitative estimate of drug-likeness (QED) is 0.755. The third kappa shape index (κ3) is 5.28. The van der Waals surface area contributed by atoms with Crippen LogP contribution in [0.1, 0.15) is 31.9 Å². The zero-order valence-electron chi connectivity index (χ0n) is 15.5. The molecular formula is C17H26N2O5S2. The zero-order valence-corrected chi connectivity index (χ0v) is 17.2. The van der Waals surface area contributed by atoms with E-state index >= 15 is 0 Å². The van der Waals surface area contributed by atoms with E-state index < -0.39 is 25.2 Å². The summed E-state index contributed by atoms with van der Waals surface area (Å²) in [5.41, 5.74) is 0.180. The minimum Gasteiger partial charge on any atom is -0.349 e. The van der Waals surface area contributed by atoms with Crippen molar-refractivity contribution in [1.82, 2.24) is 10.2 Å². The molecule has 26 heavy (non-hydrogen) atoms. The summed E-state index contributed by atoms with van der Waals surface area (Å²) < 4.78 is 46.3. The molecule has 0 aromatic heterocycles. The van der Waals surface area contributed by atoms with Gasteiger partial charge in [-0.1, -0.05) is 12.1 Å². The van der Waals surface area contributed by atoms with Gasteiger partial charge in [0.2, 0.25) is 5.91 Å². The Bertz CT molecular complexity index is 878. The van der Waals surface area contributed by atoms with Gasteiger partial charge in [-0.3, -0.25) is 9.69 Å². The van der Waals surface area contributed by atoms with E-state index in [2.05, 4.69) is 5.32 Å². The minimum absolute atomic E-state index is 0.0298. The van der Waals surface area contributed by atoms with Gasteiger partial charge in [0, 0.05) is 12.3 Å². The van der Waals surface area contributed by atoms with E-state index in [4.69, 9.17) is 0 Å². The lowest BCUT2D eigenvalue weighted by Crippen LogP contribution is -2.50. The van der Waals surface area contributed by atoms with Crippen molar-refractivity contribution in [2.24, 2.45) is 0 Å². The number of hydrogen-bond donors (Lipinski definition) is 1. The van der Waals surface area contributed by atoms with Gasteiger partial charge in [-0.05, 0) is 45.0 Å². The second kappa shape index (κ2) is 7.28. The van der Waals surface area contributed by atoms with E-state index in [-0.39, 0.29) is 34.9 Å². The van der Waals surface area contributed by atoms with Gasteiger partial charge in [0.25, 0.3) is 0 Å². The summed E-state index contributed by atoms with van der Waals surface area (Å²) in [4.78, 5) is 14.4. The summed E-state index contributed by atoms with van der Waals surface area (Å²) in [6.07, 6.45) is 1.58. The maximum atomic E-state index is 12.3. The summed E-state index contributed by atoms with van der Waals surface area (Å²) in [5, 5.41) is 2.84. The number of likely N-dealkylation sites (N-methyl/N-ethyl adjacent to an activating group) is 1. The third-order valence-electron chi connectivity index (χ3n) is 4.79. The molecule has 1 N–H and O–H groups in total. The largest absolute Gasteiger partial charge is 0.349 e. The molecule has 0 bridgehead atoms. The maximum Gasteiger partial charge on any atom is 0.234 e. The topological polar surface area (TPSA) is 101 Å². The number of amides is 1. The van der Waals surface area contributed by atoms with E-state index in [9.17, 15) is 21.6 Å². The molecule has 7 nitrogen and oxygen atoms in total. The van der Waals surface area contributed by atoms with Crippen molar-refractivity contribution in [3.8, 4) is 0 Å². The van der Waals surface area contributed by atoms with Crippen molar-refractivity contribution in [2.75, 3.05) is 31.4 Å². The number of rotatable bonds is 6. The minimum atomic E-state index is -3.24. The van der Waals surface area contributed by atoms with Crippen molar-refractivity contribution >= 4 is 25.6 Å². The average molecular weight is 403 g/mol. The Morgan fingerprint density at radius 2 is 1.88 bits per heavy atom. The predicted octanol–water partition coefficient (Wildman–Crippen LogP) is 0.776. The highest BCUT2D eigenvalue weighted by Gasteiger charge is 2.39. The summed E-state index contributed by atoms with van der Waals surface area (Å²) in [6, 6.07) is 6.48. The SMILES string of the molecule is CC(c1ccc(S(C)(=O)=O)cc1)N(C)CC(=O)NC1(C)CCS(=O)(=O)C1. The maximum absolute atomic E-state index is 12.3. The Labute approximate surface area is 155 Å². The Kier molecular flexibility index (Phi) is 5.84. The number of hydrogen-bond acceptors (Lipinski definition) is 6. The van der Waals surface area contributed by atoms with Gasteiger partial charge in [0.05, 0.1) is 28.5 Å². The van der Waals surface area contributed by atoms with Gasteiger partial charge in [0.1, 0.15) is 0 Å². The summed E-state index contributed by atoms with van der Waals surface area (Å²) in [6.45, 7) is 3.79. The van der Waals surface area contributed by atoms with Crippen LogP contribution in [0.4, 0.5) is 0 Å². The first-order chi connectivity index (χ1) is 11.8. The fourth-order valence-electron chi connectivity index (χ4n) is 3.10. The molecule has 1 aliphatic rings. The molecule has 146 valence electrons. The van der Waals surface area contributed by atoms with Gasteiger partial charge in [-0.15, -0.1) is 0 Å². The van der Waals surface area contributed by atoms with Gasteiger partial charge >= 0.3 is 0 Å². The first kappa shape index (κ1) is 20.9. The van der Waals surface area contributed by atoms with Crippen LogP contribution in [0.5, 0.6) is 0 Å². The van der Waals surface area contributed by atoms with Crippen LogP contribution in [0.15, 0.2) is 29.2 Å². The summed E-state index contributed by atoms with van der Waals surface area (Å²) in [7, 11) is -4.53. The fourth-order valence-corrected chi connectivity index (χ4v) is 5.82. The van der Waals surface area contributed by atoms with Crippen molar-refractivity contribution in [1.29, 1.82) is 0 Å². The van der Waals surface area contributed by atoms with Crippen LogP contribution in [0.3, 0.4) is 0 Å². The van der Waals surface area contributed by atoms with Crippen LogP contribution in [0.25, 0.3) is 0 Å². The standard InChI is InChI=1S/C17H26N2O5S2/c1-13(14-5-7-15(8-6-14)25(4,21)22)19(3)11-16(20)18-17(2)9-10-26(23,24)12-17/h5-8,13H,9-12H2,1-4H3,(H,18,20). The van der Waals surface area contributed by atoms with Gasteiger partial charge in [-0.2, -0.15) is 0 Å². The van der Waals surface area contributed by atoms with Crippen molar-refractivity contribution in [2.45, 2.75) is 36.7 Å². The lowest BCUT2D eigenvalue weighted by Gasteiger charge is -2.28. The van der Waals surface area contributed by atoms with Crippen LogP contribution >= 0.6 is 0 Å². The van der Waals surface area contributed by atoms with Crippen LogP contribution in [-0.2, 0) is 24.5 Å². The van der Waals surface area contributed by atoms with Crippen LogP contribution in [0.2, 0.25) is 0 Å². The highest BCUT2D eigenvalue weighted by atomic mass is 32.2. The number of carbonyl (C=O) groups is 1. The summed E-state index contributed by atoms with van der Waals surface area (Å²) >= 11 is 0. The zero-order chi connectivity index (χ0) is 19.8. The van der Waals surface area contributed by atoms with Gasteiger partial charge in [0.15, 0.2) is 19.7 Å². The normalized spacial score (nSPS) is 23.7. The number of nitrogens with one attached hydrogen (secondary N) is 1. The molecule has 0 radical (unpaired) electrons. The molecule has 1 heterocycles. The Morgan fingerprint density at radius 1 is 1.31 bits per heavy atom. The molecule has 2 rings (SSSR count). The molecule has 1 saturated heterocycles. The molecule has 0 aliphatic carbocycles. The molecule has 2 atom stereocenters. The molecule has 2 unspecified atom stereocenters. The Balaban J connectivity index is 1.98. The van der Waals surface area contributed by atoms with Crippen LogP contribution in [-0.4, -0.2) is 64.5 Å². The fraction of sp³-hybridized carbons (Fsp3) is 0.588.